The van der Waals surface area contributed by atoms with Crippen molar-refractivity contribution in [3.63, 3.8) is 0 Å². The molecule has 1 fully saturated rings. The maximum Gasteiger partial charge on any atom is 0.308 e. The molecule has 1 aromatic rings. The zero-order valence-electron chi connectivity index (χ0n) is 10.4. The average Bonchev–Trinajstić information content (AvgIpc) is 2.65. The molecule has 0 bridgehead atoms. The van der Waals surface area contributed by atoms with Gasteiger partial charge in [0.15, 0.2) is 0 Å². The Balaban J connectivity index is 2.08. The zero-order chi connectivity index (χ0) is 13.8. The van der Waals surface area contributed by atoms with Crippen molar-refractivity contribution in [1.82, 2.24) is 5.32 Å². The molecule has 1 aromatic heterocycles. The molecule has 1 saturated carbocycles. The van der Waals surface area contributed by atoms with E-state index in [2.05, 4.69) is 21.2 Å². The standard InChI is InChI=1S/C13H16BrNO3S/c14-9-6-7-19-11(9)12(16)15-10-5-3-1-2-4-8(10)13(17)18/h6-8,10H,1-5H2,(H,15,16)(H,17,18)/t8-,10+/m1/s1. The minimum atomic E-state index is -0.808. The van der Waals surface area contributed by atoms with E-state index in [1.165, 1.54) is 11.3 Å². The Morgan fingerprint density at radius 2 is 2.05 bits per heavy atom. The number of rotatable bonds is 3. The zero-order valence-corrected chi connectivity index (χ0v) is 12.8. The number of aliphatic carboxylic acids is 1. The molecular formula is C13H16BrNO3S. The molecule has 2 N–H and O–H groups in total. The molecule has 0 spiro atoms. The van der Waals surface area contributed by atoms with Gasteiger partial charge in [-0.05, 0) is 40.2 Å². The van der Waals surface area contributed by atoms with Crippen LogP contribution in [0.25, 0.3) is 0 Å². The van der Waals surface area contributed by atoms with Gasteiger partial charge >= 0.3 is 5.97 Å². The van der Waals surface area contributed by atoms with Crippen molar-refractivity contribution >= 4 is 39.1 Å². The number of thiophene rings is 1. The maximum atomic E-state index is 12.2. The van der Waals surface area contributed by atoms with E-state index in [4.69, 9.17) is 0 Å². The number of carbonyl (C=O) groups excluding carboxylic acids is 1. The van der Waals surface area contributed by atoms with Crippen LogP contribution < -0.4 is 5.32 Å². The summed E-state index contributed by atoms with van der Waals surface area (Å²) >= 11 is 4.68. The number of hydrogen-bond donors (Lipinski definition) is 2. The second kappa shape index (κ2) is 6.52. The Labute approximate surface area is 124 Å². The quantitative estimate of drug-likeness (QED) is 0.826. The first-order valence-electron chi connectivity index (χ1n) is 6.36. The van der Waals surface area contributed by atoms with E-state index >= 15 is 0 Å². The smallest absolute Gasteiger partial charge is 0.308 e. The van der Waals surface area contributed by atoms with Crippen molar-refractivity contribution in [2.45, 2.75) is 38.1 Å². The lowest BCUT2D eigenvalue weighted by Crippen LogP contribution is -2.42. The Kier molecular flexibility index (Phi) is 4.99. The Bertz CT molecular complexity index is 474. The molecule has 6 heteroatoms. The Hall–Kier alpha value is -0.880. The topological polar surface area (TPSA) is 66.4 Å². The van der Waals surface area contributed by atoms with E-state index in [0.717, 1.165) is 30.2 Å². The fraction of sp³-hybridized carbons (Fsp3) is 0.538. The van der Waals surface area contributed by atoms with Gasteiger partial charge in [-0.15, -0.1) is 11.3 Å². The largest absolute Gasteiger partial charge is 0.481 e. The Morgan fingerprint density at radius 3 is 2.68 bits per heavy atom. The molecule has 1 aliphatic carbocycles. The van der Waals surface area contributed by atoms with Crippen LogP contribution in [0.2, 0.25) is 0 Å². The summed E-state index contributed by atoms with van der Waals surface area (Å²) in [7, 11) is 0. The van der Waals surface area contributed by atoms with Gasteiger partial charge in [0.25, 0.3) is 5.91 Å². The van der Waals surface area contributed by atoms with Crippen LogP contribution in [0.5, 0.6) is 0 Å². The summed E-state index contributed by atoms with van der Waals surface area (Å²) in [5.41, 5.74) is 0. The molecule has 19 heavy (non-hydrogen) atoms. The predicted octanol–water partition coefficient (Wildman–Crippen LogP) is 3.27. The van der Waals surface area contributed by atoms with Crippen LogP contribution in [0, 0.1) is 5.92 Å². The molecule has 1 aliphatic rings. The van der Waals surface area contributed by atoms with Crippen molar-refractivity contribution in [3.8, 4) is 0 Å². The van der Waals surface area contributed by atoms with Crippen LogP contribution >= 0.6 is 27.3 Å². The monoisotopic (exact) mass is 345 g/mol. The lowest BCUT2D eigenvalue weighted by molar-refractivity contribution is -0.142. The summed E-state index contributed by atoms with van der Waals surface area (Å²) in [6.45, 7) is 0. The van der Waals surface area contributed by atoms with E-state index < -0.39 is 11.9 Å². The molecule has 0 radical (unpaired) electrons. The van der Waals surface area contributed by atoms with Crippen LogP contribution in [-0.2, 0) is 4.79 Å². The van der Waals surface area contributed by atoms with Gasteiger partial charge in [-0.1, -0.05) is 19.3 Å². The normalized spacial score (nSPS) is 23.6. The summed E-state index contributed by atoms with van der Waals surface area (Å²) in [4.78, 5) is 24.1. The summed E-state index contributed by atoms with van der Waals surface area (Å²) < 4.78 is 0.760. The van der Waals surface area contributed by atoms with Crippen molar-refractivity contribution in [1.29, 1.82) is 0 Å². The first-order valence-corrected chi connectivity index (χ1v) is 8.03. The molecule has 104 valence electrons. The molecule has 2 rings (SSSR count). The van der Waals surface area contributed by atoms with Crippen molar-refractivity contribution in [3.05, 3.63) is 20.8 Å². The first-order chi connectivity index (χ1) is 9.09. The minimum Gasteiger partial charge on any atom is -0.481 e. The molecule has 0 unspecified atom stereocenters. The van der Waals surface area contributed by atoms with E-state index in [1.807, 2.05) is 11.4 Å². The van der Waals surface area contributed by atoms with Crippen LogP contribution in [0.4, 0.5) is 0 Å². The van der Waals surface area contributed by atoms with E-state index in [-0.39, 0.29) is 11.9 Å². The molecular weight excluding hydrogens is 330 g/mol. The summed E-state index contributed by atoms with van der Waals surface area (Å²) in [5.74, 6) is -1.46. The highest BCUT2D eigenvalue weighted by Gasteiger charge is 2.31. The number of halogens is 1. The molecule has 4 nitrogen and oxygen atoms in total. The summed E-state index contributed by atoms with van der Waals surface area (Å²) in [6.07, 6.45) is 4.32. The molecule has 1 heterocycles. The summed E-state index contributed by atoms with van der Waals surface area (Å²) in [5, 5.41) is 14.0. The van der Waals surface area contributed by atoms with Crippen LogP contribution in [-0.4, -0.2) is 23.0 Å². The second-order valence-corrected chi connectivity index (χ2v) is 6.53. The number of carboxylic acid groups (broad SMARTS) is 1. The molecule has 0 aromatic carbocycles. The third kappa shape index (κ3) is 3.57. The highest BCUT2D eigenvalue weighted by Crippen LogP contribution is 2.26. The Morgan fingerprint density at radius 1 is 1.32 bits per heavy atom. The third-order valence-corrected chi connectivity index (χ3v) is 5.31. The summed E-state index contributed by atoms with van der Waals surface area (Å²) in [6, 6.07) is 1.56. The molecule has 1 amide bonds. The lowest BCUT2D eigenvalue weighted by atomic mass is 9.95. The van der Waals surface area contributed by atoms with E-state index in [9.17, 15) is 14.7 Å². The predicted molar refractivity (Wildman–Crippen MR) is 77.5 cm³/mol. The van der Waals surface area contributed by atoms with Gasteiger partial charge in [-0.2, -0.15) is 0 Å². The fourth-order valence-electron chi connectivity index (χ4n) is 2.47. The van der Waals surface area contributed by atoms with Gasteiger partial charge in [0.2, 0.25) is 0 Å². The SMILES string of the molecule is O=C(N[C@H]1CCCCC[C@H]1C(=O)O)c1sccc1Br. The molecule has 2 atom stereocenters. The van der Waals surface area contributed by atoms with Gasteiger partial charge in [-0.3, -0.25) is 9.59 Å². The first kappa shape index (κ1) is 14.5. The molecule has 0 aliphatic heterocycles. The number of carboxylic acids is 1. The maximum absolute atomic E-state index is 12.2. The van der Waals surface area contributed by atoms with Gasteiger partial charge < -0.3 is 10.4 Å². The van der Waals surface area contributed by atoms with Crippen LogP contribution in [0.3, 0.4) is 0 Å². The lowest BCUT2D eigenvalue weighted by Gasteiger charge is -2.22. The second-order valence-electron chi connectivity index (χ2n) is 4.76. The van der Waals surface area contributed by atoms with Gasteiger partial charge in [0, 0.05) is 10.5 Å². The van der Waals surface area contributed by atoms with Crippen LogP contribution in [0.15, 0.2) is 15.9 Å². The van der Waals surface area contributed by atoms with Crippen molar-refractivity contribution in [2.75, 3.05) is 0 Å². The van der Waals surface area contributed by atoms with E-state index in [1.54, 1.807) is 0 Å². The van der Waals surface area contributed by atoms with Gasteiger partial charge in [-0.25, -0.2) is 0 Å². The highest BCUT2D eigenvalue weighted by atomic mass is 79.9. The van der Waals surface area contributed by atoms with Gasteiger partial charge in [0.1, 0.15) is 4.88 Å². The van der Waals surface area contributed by atoms with Crippen molar-refractivity contribution in [2.24, 2.45) is 5.92 Å². The molecule has 0 saturated heterocycles. The van der Waals surface area contributed by atoms with E-state index in [0.29, 0.717) is 11.3 Å². The minimum absolute atomic E-state index is 0.181. The number of carbonyl (C=O) groups is 2. The number of hydrogen-bond acceptors (Lipinski definition) is 3. The van der Waals surface area contributed by atoms with Crippen molar-refractivity contribution < 1.29 is 14.7 Å². The van der Waals surface area contributed by atoms with Crippen LogP contribution in [0.1, 0.15) is 41.8 Å². The van der Waals surface area contributed by atoms with Gasteiger partial charge in [0.05, 0.1) is 5.92 Å². The number of amides is 1. The third-order valence-electron chi connectivity index (χ3n) is 3.47. The highest BCUT2D eigenvalue weighted by molar-refractivity contribution is 9.10. The number of nitrogens with one attached hydrogen (secondary N) is 1. The average molecular weight is 346 g/mol. The fourth-order valence-corrected chi connectivity index (χ4v) is 3.92.